The van der Waals surface area contributed by atoms with Crippen molar-refractivity contribution in [1.29, 1.82) is 0 Å². The summed E-state index contributed by atoms with van der Waals surface area (Å²) in [6.07, 6.45) is 3.85. The van der Waals surface area contributed by atoms with Gasteiger partial charge in [0.2, 0.25) is 5.91 Å². The molecule has 3 unspecified atom stereocenters. The lowest BCUT2D eigenvalue weighted by molar-refractivity contribution is -0.124. The van der Waals surface area contributed by atoms with Crippen LogP contribution in [0.2, 0.25) is 0 Å². The van der Waals surface area contributed by atoms with Crippen molar-refractivity contribution in [3.8, 4) is 0 Å². The lowest BCUT2D eigenvalue weighted by Crippen LogP contribution is -2.52. The monoisotopic (exact) mass is 278 g/mol. The Bertz CT molecular complexity index is 446. The molecule has 1 saturated heterocycles. The van der Waals surface area contributed by atoms with E-state index in [4.69, 9.17) is 0 Å². The van der Waals surface area contributed by atoms with Gasteiger partial charge in [0.05, 0.1) is 6.04 Å². The Hall–Kier alpha value is -1.42. The molecule has 1 aromatic rings. The first-order valence-electron chi connectivity index (χ1n) is 7.35. The van der Waals surface area contributed by atoms with Crippen molar-refractivity contribution in [2.24, 2.45) is 0 Å². The minimum Gasteiger partial charge on any atom is -0.352 e. The fourth-order valence-electron chi connectivity index (χ4n) is 2.71. The quantitative estimate of drug-likeness (QED) is 0.888. The van der Waals surface area contributed by atoms with Gasteiger partial charge in [-0.15, -0.1) is 0 Å². The van der Waals surface area contributed by atoms with E-state index in [1.54, 1.807) is 12.1 Å². The smallest absolute Gasteiger partial charge is 0.237 e. The Balaban J connectivity index is 1.82. The first-order chi connectivity index (χ1) is 9.54. The molecule has 0 saturated carbocycles. The van der Waals surface area contributed by atoms with Gasteiger partial charge in [-0.05, 0) is 57.2 Å². The summed E-state index contributed by atoms with van der Waals surface area (Å²) >= 11 is 0. The van der Waals surface area contributed by atoms with Crippen LogP contribution >= 0.6 is 0 Å². The normalized spacial score (nSPS) is 24.1. The van der Waals surface area contributed by atoms with E-state index in [-0.39, 0.29) is 23.8 Å². The Kier molecular flexibility index (Phi) is 5.12. The minimum absolute atomic E-state index is 0.0481. The molecule has 2 N–H and O–H groups in total. The number of carbonyl (C=O) groups is 1. The number of halogens is 1. The van der Waals surface area contributed by atoms with E-state index in [0.29, 0.717) is 12.5 Å². The molecule has 3 atom stereocenters. The second-order valence-electron chi connectivity index (χ2n) is 5.79. The second-order valence-corrected chi connectivity index (χ2v) is 5.79. The van der Waals surface area contributed by atoms with Crippen LogP contribution in [-0.2, 0) is 11.2 Å². The lowest BCUT2D eigenvalue weighted by Gasteiger charge is -2.29. The molecule has 1 aliphatic rings. The van der Waals surface area contributed by atoms with Crippen molar-refractivity contribution < 1.29 is 9.18 Å². The molecule has 1 amide bonds. The van der Waals surface area contributed by atoms with Crippen LogP contribution in [0, 0.1) is 5.82 Å². The van der Waals surface area contributed by atoms with E-state index in [1.807, 2.05) is 6.92 Å². The highest BCUT2D eigenvalue weighted by molar-refractivity contribution is 5.82. The first kappa shape index (κ1) is 15.0. The summed E-state index contributed by atoms with van der Waals surface area (Å²) in [6, 6.07) is 6.81. The molecule has 1 fully saturated rings. The first-order valence-corrected chi connectivity index (χ1v) is 7.35. The van der Waals surface area contributed by atoms with E-state index >= 15 is 0 Å². The van der Waals surface area contributed by atoms with Crippen molar-refractivity contribution in [2.75, 3.05) is 0 Å². The van der Waals surface area contributed by atoms with E-state index in [0.717, 1.165) is 24.8 Å². The predicted octanol–water partition coefficient (Wildman–Crippen LogP) is 2.40. The maximum atomic E-state index is 12.8. The molecule has 0 spiro atoms. The number of piperidine rings is 1. The molecule has 20 heavy (non-hydrogen) atoms. The van der Waals surface area contributed by atoms with Gasteiger partial charge in [0, 0.05) is 12.1 Å². The van der Waals surface area contributed by atoms with E-state index in [9.17, 15) is 9.18 Å². The SMILES string of the molecule is CC(Cc1ccc(F)cc1)NC(=O)C1CCCC(C)N1. The number of nitrogens with one attached hydrogen (secondary N) is 2. The minimum atomic E-state index is -0.231. The highest BCUT2D eigenvalue weighted by Crippen LogP contribution is 2.13. The summed E-state index contributed by atoms with van der Waals surface area (Å²) in [5.41, 5.74) is 1.03. The van der Waals surface area contributed by atoms with Crippen LogP contribution in [0.1, 0.15) is 38.7 Å². The molecule has 3 nitrogen and oxygen atoms in total. The van der Waals surface area contributed by atoms with Gasteiger partial charge in [-0.2, -0.15) is 0 Å². The molecule has 0 aliphatic carbocycles. The standard InChI is InChI=1S/C16H23FN2O/c1-11-4-3-5-15(18-11)16(20)19-12(2)10-13-6-8-14(17)9-7-13/h6-9,11-12,15,18H,3-5,10H2,1-2H3,(H,19,20). The fourth-order valence-corrected chi connectivity index (χ4v) is 2.71. The van der Waals surface area contributed by atoms with Crippen molar-refractivity contribution in [2.45, 2.75) is 57.7 Å². The summed E-state index contributed by atoms with van der Waals surface area (Å²) in [5.74, 6) is -0.156. The van der Waals surface area contributed by atoms with Crippen LogP contribution in [0.4, 0.5) is 4.39 Å². The topological polar surface area (TPSA) is 41.1 Å². The number of rotatable bonds is 4. The van der Waals surface area contributed by atoms with Crippen LogP contribution in [0.25, 0.3) is 0 Å². The number of carbonyl (C=O) groups excluding carboxylic acids is 1. The highest BCUT2D eigenvalue weighted by atomic mass is 19.1. The van der Waals surface area contributed by atoms with Crippen LogP contribution in [-0.4, -0.2) is 24.0 Å². The number of benzene rings is 1. The molecular formula is C16H23FN2O. The van der Waals surface area contributed by atoms with Gasteiger partial charge in [-0.25, -0.2) is 4.39 Å². The molecule has 110 valence electrons. The van der Waals surface area contributed by atoms with Gasteiger partial charge in [0.25, 0.3) is 0 Å². The van der Waals surface area contributed by atoms with E-state index in [2.05, 4.69) is 17.6 Å². The zero-order chi connectivity index (χ0) is 14.5. The number of hydrogen-bond donors (Lipinski definition) is 2. The maximum absolute atomic E-state index is 12.8. The number of amides is 1. The van der Waals surface area contributed by atoms with Crippen molar-refractivity contribution in [3.63, 3.8) is 0 Å². The zero-order valence-electron chi connectivity index (χ0n) is 12.2. The third-order valence-corrected chi connectivity index (χ3v) is 3.78. The third-order valence-electron chi connectivity index (χ3n) is 3.78. The average Bonchev–Trinajstić information content (AvgIpc) is 2.41. The lowest BCUT2D eigenvalue weighted by atomic mass is 9.98. The zero-order valence-corrected chi connectivity index (χ0v) is 12.2. The molecule has 1 heterocycles. The molecule has 0 bridgehead atoms. The van der Waals surface area contributed by atoms with Crippen LogP contribution in [0.3, 0.4) is 0 Å². The largest absolute Gasteiger partial charge is 0.352 e. The molecule has 1 aliphatic heterocycles. The molecule has 1 aromatic carbocycles. The van der Waals surface area contributed by atoms with Crippen molar-refractivity contribution in [3.05, 3.63) is 35.6 Å². The fraction of sp³-hybridized carbons (Fsp3) is 0.562. The van der Waals surface area contributed by atoms with Gasteiger partial charge in [0.15, 0.2) is 0 Å². The molecule has 0 radical (unpaired) electrons. The highest BCUT2D eigenvalue weighted by Gasteiger charge is 2.24. The summed E-state index contributed by atoms with van der Waals surface area (Å²) in [4.78, 5) is 12.2. The van der Waals surface area contributed by atoms with Gasteiger partial charge >= 0.3 is 0 Å². The Labute approximate surface area is 120 Å². The Morgan fingerprint density at radius 3 is 2.75 bits per heavy atom. The van der Waals surface area contributed by atoms with E-state index in [1.165, 1.54) is 12.1 Å². The van der Waals surface area contributed by atoms with Crippen LogP contribution in [0.15, 0.2) is 24.3 Å². The van der Waals surface area contributed by atoms with Gasteiger partial charge < -0.3 is 10.6 Å². The predicted molar refractivity (Wildman–Crippen MR) is 77.9 cm³/mol. The average molecular weight is 278 g/mol. The summed E-state index contributed by atoms with van der Waals surface area (Å²) in [6.45, 7) is 4.09. The van der Waals surface area contributed by atoms with Crippen LogP contribution < -0.4 is 10.6 Å². The Morgan fingerprint density at radius 1 is 1.40 bits per heavy atom. The number of hydrogen-bond acceptors (Lipinski definition) is 2. The molecular weight excluding hydrogens is 255 g/mol. The van der Waals surface area contributed by atoms with Crippen molar-refractivity contribution in [1.82, 2.24) is 10.6 Å². The van der Waals surface area contributed by atoms with Crippen LogP contribution in [0.5, 0.6) is 0 Å². The summed E-state index contributed by atoms with van der Waals surface area (Å²) in [7, 11) is 0. The van der Waals surface area contributed by atoms with Gasteiger partial charge in [0.1, 0.15) is 5.82 Å². The van der Waals surface area contributed by atoms with Gasteiger partial charge in [-0.3, -0.25) is 4.79 Å². The molecule has 2 rings (SSSR count). The van der Waals surface area contributed by atoms with Gasteiger partial charge in [-0.1, -0.05) is 12.1 Å². The summed E-state index contributed by atoms with van der Waals surface area (Å²) in [5, 5.41) is 6.37. The summed E-state index contributed by atoms with van der Waals surface area (Å²) < 4.78 is 12.8. The maximum Gasteiger partial charge on any atom is 0.237 e. The van der Waals surface area contributed by atoms with E-state index < -0.39 is 0 Å². The molecule has 0 aromatic heterocycles. The van der Waals surface area contributed by atoms with Crippen molar-refractivity contribution >= 4 is 5.91 Å². The molecule has 4 heteroatoms. The third kappa shape index (κ3) is 4.30. The Morgan fingerprint density at radius 2 is 2.10 bits per heavy atom. The second kappa shape index (κ2) is 6.84.